The first-order valence-electron chi connectivity index (χ1n) is 8.72. The normalized spacial score (nSPS) is 11.8. The highest BCUT2D eigenvalue weighted by molar-refractivity contribution is 5.98. The molecule has 138 valence electrons. The van der Waals surface area contributed by atoms with Gasteiger partial charge in [0.25, 0.3) is 11.8 Å². The minimum Gasteiger partial charge on any atom is -0.481 e. The van der Waals surface area contributed by atoms with E-state index in [0.29, 0.717) is 17.2 Å². The maximum atomic E-state index is 12.5. The zero-order valence-corrected chi connectivity index (χ0v) is 15.9. The minimum absolute atomic E-state index is 0.202. The Morgan fingerprint density at radius 1 is 1.04 bits per heavy atom. The molecule has 0 fully saturated rings. The predicted octanol–water partition coefficient (Wildman–Crippen LogP) is 3.88. The maximum Gasteiger partial charge on any atom is 0.265 e. The first-order valence-corrected chi connectivity index (χ1v) is 8.72. The zero-order chi connectivity index (χ0) is 19.3. The first kappa shape index (κ1) is 19.5. The Balaban J connectivity index is 2.11. The molecule has 0 aliphatic heterocycles. The number of hydrogen-bond acceptors (Lipinski definition) is 3. The average Bonchev–Trinajstić information content (AvgIpc) is 2.61. The Labute approximate surface area is 154 Å². The van der Waals surface area contributed by atoms with E-state index in [9.17, 15) is 9.59 Å². The van der Waals surface area contributed by atoms with Crippen LogP contribution in [0.3, 0.4) is 0 Å². The number of carbonyl (C=O) groups excluding carboxylic acids is 2. The lowest BCUT2D eigenvalue weighted by Crippen LogP contribution is -2.30. The lowest BCUT2D eigenvalue weighted by atomic mass is 10.0. The molecule has 0 saturated heterocycles. The summed E-state index contributed by atoms with van der Waals surface area (Å²) in [6.45, 7) is 7.88. The van der Waals surface area contributed by atoms with E-state index in [-0.39, 0.29) is 11.8 Å². The molecule has 5 heteroatoms. The third-order valence-electron chi connectivity index (χ3n) is 4.08. The average molecular weight is 354 g/mol. The molecule has 0 saturated carbocycles. The molecular formula is C21H26N2O3. The summed E-state index contributed by atoms with van der Waals surface area (Å²) >= 11 is 0. The summed E-state index contributed by atoms with van der Waals surface area (Å²) < 4.78 is 5.93. The highest BCUT2D eigenvalue weighted by Gasteiger charge is 2.18. The Kier molecular flexibility index (Phi) is 6.39. The van der Waals surface area contributed by atoms with Crippen LogP contribution < -0.4 is 15.4 Å². The predicted molar refractivity (Wildman–Crippen MR) is 104 cm³/mol. The lowest BCUT2D eigenvalue weighted by molar-refractivity contribution is -0.122. The fourth-order valence-electron chi connectivity index (χ4n) is 2.59. The van der Waals surface area contributed by atoms with Crippen LogP contribution in [0.5, 0.6) is 5.75 Å². The lowest BCUT2D eigenvalue weighted by Gasteiger charge is -2.19. The molecule has 0 spiro atoms. The van der Waals surface area contributed by atoms with Crippen molar-refractivity contribution in [2.45, 2.75) is 39.7 Å². The Morgan fingerprint density at radius 3 is 2.42 bits per heavy atom. The van der Waals surface area contributed by atoms with Gasteiger partial charge in [-0.25, -0.2) is 0 Å². The molecule has 0 aromatic heterocycles. The number of carbonyl (C=O) groups is 2. The van der Waals surface area contributed by atoms with Crippen LogP contribution in [0.15, 0.2) is 42.5 Å². The Morgan fingerprint density at radius 2 is 1.77 bits per heavy atom. The summed E-state index contributed by atoms with van der Waals surface area (Å²) in [5.41, 5.74) is 3.19. The fourth-order valence-corrected chi connectivity index (χ4v) is 2.59. The van der Waals surface area contributed by atoms with Crippen molar-refractivity contribution < 1.29 is 14.3 Å². The van der Waals surface area contributed by atoms with Gasteiger partial charge in [-0.2, -0.15) is 0 Å². The van der Waals surface area contributed by atoms with Gasteiger partial charge in [-0.15, -0.1) is 0 Å². The van der Waals surface area contributed by atoms with E-state index in [1.165, 1.54) is 0 Å². The molecule has 5 nitrogen and oxygen atoms in total. The van der Waals surface area contributed by atoms with Gasteiger partial charge in [-0.05, 0) is 55.2 Å². The number of benzene rings is 2. The van der Waals surface area contributed by atoms with Gasteiger partial charge in [0, 0.05) is 18.3 Å². The second-order valence-corrected chi connectivity index (χ2v) is 6.61. The van der Waals surface area contributed by atoms with Crippen LogP contribution in [0.2, 0.25) is 0 Å². The van der Waals surface area contributed by atoms with E-state index in [1.54, 1.807) is 38.2 Å². The highest BCUT2D eigenvalue weighted by atomic mass is 16.5. The van der Waals surface area contributed by atoms with Crippen LogP contribution >= 0.6 is 0 Å². The molecule has 0 heterocycles. The van der Waals surface area contributed by atoms with Crippen molar-refractivity contribution in [3.8, 4) is 5.75 Å². The summed E-state index contributed by atoms with van der Waals surface area (Å²) in [4.78, 5) is 24.2. The van der Waals surface area contributed by atoms with E-state index in [2.05, 4.69) is 24.5 Å². The van der Waals surface area contributed by atoms with Crippen LogP contribution in [0.4, 0.5) is 5.69 Å². The van der Waals surface area contributed by atoms with Crippen LogP contribution in [-0.2, 0) is 4.79 Å². The second kappa shape index (κ2) is 8.52. The third-order valence-corrected chi connectivity index (χ3v) is 4.08. The first-order chi connectivity index (χ1) is 12.3. The molecule has 2 aromatic rings. The van der Waals surface area contributed by atoms with Gasteiger partial charge >= 0.3 is 0 Å². The van der Waals surface area contributed by atoms with Crippen molar-refractivity contribution in [2.24, 2.45) is 0 Å². The standard InChI is InChI=1S/C21H26N2O3/c1-13(2)18-10-9-14(3)11-19(18)26-15(4)20(24)23-17-8-6-7-16(12-17)21(25)22-5/h6-13,15H,1-5H3,(H,22,25)(H,23,24). The van der Waals surface area contributed by atoms with Crippen molar-refractivity contribution in [3.05, 3.63) is 59.2 Å². The van der Waals surface area contributed by atoms with Crippen molar-refractivity contribution in [1.82, 2.24) is 5.32 Å². The summed E-state index contributed by atoms with van der Waals surface area (Å²) in [5, 5.41) is 5.36. The number of rotatable bonds is 6. The molecule has 2 rings (SSSR count). The van der Waals surface area contributed by atoms with E-state index in [4.69, 9.17) is 4.74 Å². The molecule has 2 amide bonds. The van der Waals surface area contributed by atoms with Crippen LogP contribution in [-0.4, -0.2) is 25.0 Å². The summed E-state index contributed by atoms with van der Waals surface area (Å²) in [6, 6.07) is 12.8. The van der Waals surface area contributed by atoms with E-state index >= 15 is 0 Å². The third kappa shape index (κ3) is 4.85. The molecule has 2 N–H and O–H groups in total. The van der Waals surface area contributed by atoms with Gasteiger partial charge < -0.3 is 15.4 Å². The number of amides is 2. The van der Waals surface area contributed by atoms with E-state index < -0.39 is 6.10 Å². The maximum absolute atomic E-state index is 12.5. The minimum atomic E-state index is -0.669. The van der Waals surface area contributed by atoms with E-state index in [1.807, 2.05) is 25.1 Å². The number of aryl methyl sites for hydroxylation is 1. The van der Waals surface area contributed by atoms with Gasteiger partial charge in [0.1, 0.15) is 5.75 Å². The Bertz CT molecular complexity index is 800. The molecule has 0 radical (unpaired) electrons. The monoisotopic (exact) mass is 354 g/mol. The zero-order valence-electron chi connectivity index (χ0n) is 15.9. The van der Waals surface area contributed by atoms with Crippen molar-refractivity contribution in [2.75, 3.05) is 12.4 Å². The number of hydrogen-bond donors (Lipinski definition) is 2. The molecule has 2 aromatic carbocycles. The molecule has 1 unspecified atom stereocenters. The summed E-state index contributed by atoms with van der Waals surface area (Å²) in [7, 11) is 1.57. The van der Waals surface area contributed by atoms with Crippen molar-refractivity contribution >= 4 is 17.5 Å². The molecule has 0 bridgehead atoms. The molecule has 0 aliphatic rings. The smallest absolute Gasteiger partial charge is 0.265 e. The van der Waals surface area contributed by atoms with Crippen molar-refractivity contribution in [3.63, 3.8) is 0 Å². The molecule has 1 atom stereocenters. The molecule has 26 heavy (non-hydrogen) atoms. The molecular weight excluding hydrogens is 328 g/mol. The van der Waals surface area contributed by atoms with Gasteiger partial charge in [-0.3, -0.25) is 9.59 Å². The summed E-state index contributed by atoms with van der Waals surface area (Å²) in [6.07, 6.45) is -0.669. The van der Waals surface area contributed by atoms with Gasteiger partial charge in [0.2, 0.25) is 0 Å². The number of nitrogens with one attached hydrogen (secondary N) is 2. The quantitative estimate of drug-likeness (QED) is 0.827. The van der Waals surface area contributed by atoms with Gasteiger partial charge in [0.15, 0.2) is 6.10 Å². The van der Waals surface area contributed by atoms with Crippen molar-refractivity contribution in [1.29, 1.82) is 0 Å². The topological polar surface area (TPSA) is 67.4 Å². The Hall–Kier alpha value is -2.82. The van der Waals surface area contributed by atoms with E-state index in [0.717, 1.165) is 16.9 Å². The van der Waals surface area contributed by atoms with Gasteiger partial charge in [0.05, 0.1) is 0 Å². The second-order valence-electron chi connectivity index (χ2n) is 6.61. The van der Waals surface area contributed by atoms with Crippen LogP contribution in [0, 0.1) is 6.92 Å². The summed E-state index contributed by atoms with van der Waals surface area (Å²) in [5.74, 6) is 0.550. The number of anilines is 1. The van der Waals surface area contributed by atoms with Crippen LogP contribution in [0.1, 0.15) is 48.2 Å². The van der Waals surface area contributed by atoms with Crippen LogP contribution in [0.25, 0.3) is 0 Å². The van der Waals surface area contributed by atoms with Gasteiger partial charge in [-0.1, -0.05) is 32.0 Å². The highest BCUT2D eigenvalue weighted by Crippen LogP contribution is 2.28. The fraction of sp³-hybridized carbons (Fsp3) is 0.333. The largest absolute Gasteiger partial charge is 0.481 e. The molecule has 0 aliphatic carbocycles. The number of ether oxygens (including phenoxy) is 1. The SMILES string of the molecule is CNC(=O)c1cccc(NC(=O)C(C)Oc2cc(C)ccc2C(C)C)c1.